The summed E-state index contributed by atoms with van der Waals surface area (Å²) in [5, 5.41) is 3.47. The van der Waals surface area contributed by atoms with Gasteiger partial charge in [0.15, 0.2) is 0 Å². The van der Waals surface area contributed by atoms with Crippen molar-refractivity contribution >= 4 is 16.7 Å². The lowest BCUT2D eigenvalue weighted by Crippen LogP contribution is -2.07. The number of fused-ring (bicyclic) bond motifs is 1. The molecule has 0 aromatic carbocycles. The highest BCUT2D eigenvalue weighted by Crippen LogP contribution is 2.31. The molecule has 0 unspecified atom stereocenters. The van der Waals surface area contributed by atoms with Crippen molar-refractivity contribution in [3.05, 3.63) is 97.2 Å². The maximum Gasteiger partial charge on any atom is 0.111 e. The van der Waals surface area contributed by atoms with Crippen LogP contribution in [0.1, 0.15) is 37.1 Å². The van der Waals surface area contributed by atoms with Crippen molar-refractivity contribution in [1.29, 1.82) is 0 Å². The summed E-state index contributed by atoms with van der Waals surface area (Å²) in [6, 6.07) is 12.0. The summed E-state index contributed by atoms with van der Waals surface area (Å²) in [5.74, 6) is 1.42. The SMILES string of the molecule is C=C(Nc1cncc(-c2cc(Cc3nc4c(-c5ccccn5)cncc4[nH]3)ccn2)c1)C1CCCC1. The van der Waals surface area contributed by atoms with Gasteiger partial charge < -0.3 is 10.3 Å². The second kappa shape index (κ2) is 9.70. The molecule has 178 valence electrons. The Morgan fingerprint density at radius 3 is 2.67 bits per heavy atom. The van der Waals surface area contributed by atoms with Crippen LogP contribution in [0.3, 0.4) is 0 Å². The van der Waals surface area contributed by atoms with Gasteiger partial charge in [-0.3, -0.25) is 19.9 Å². The number of imidazole rings is 1. The van der Waals surface area contributed by atoms with Gasteiger partial charge in [0, 0.05) is 48.0 Å². The number of hydrogen-bond acceptors (Lipinski definition) is 6. The highest BCUT2D eigenvalue weighted by atomic mass is 14.9. The molecule has 1 aliphatic carbocycles. The summed E-state index contributed by atoms with van der Waals surface area (Å²) in [7, 11) is 0. The van der Waals surface area contributed by atoms with Gasteiger partial charge in [-0.15, -0.1) is 0 Å². The van der Waals surface area contributed by atoms with E-state index in [0.717, 1.165) is 56.3 Å². The molecule has 0 atom stereocenters. The van der Waals surface area contributed by atoms with E-state index in [-0.39, 0.29) is 0 Å². The Morgan fingerprint density at radius 1 is 0.944 bits per heavy atom. The minimum Gasteiger partial charge on any atom is -0.358 e. The zero-order valence-electron chi connectivity index (χ0n) is 20.0. The molecule has 36 heavy (non-hydrogen) atoms. The molecule has 0 aliphatic heterocycles. The van der Waals surface area contributed by atoms with E-state index in [1.807, 2.05) is 49.1 Å². The normalized spacial score (nSPS) is 13.8. The Labute approximate surface area is 209 Å². The van der Waals surface area contributed by atoms with E-state index < -0.39 is 0 Å². The van der Waals surface area contributed by atoms with Crippen LogP contribution in [0, 0.1) is 5.92 Å². The van der Waals surface area contributed by atoms with Crippen LogP contribution in [0.15, 0.2) is 85.9 Å². The molecule has 0 saturated heterocycles. The van der Waals surface area contributed by atoms with Gasteiger partial charge in [0.1, 0.15) is 11.3 Å². The van der Waals surface area contributed by atoms with Gasteiger partial charge >= 0.3 is 0 Å². The average Bonchev–Trinajstić information content (AvgIpc) is 3.60. The third-order valence-corrected chi connectivity index (χ3v) is 6.77. The first-order valence-electron chi connectivity index (χ1n) is 12.3. The van der Waals surface area contributed by atoms with Gasteiger partial charge in [-0.1, -0.05) is 25.5 Å². The smallest absolute Gasteiger partial charge is 0.111 e. The van der Waals surface area contributed by atoms with Crippen molar-refractivity contribution in [3.8, 4) is 22.5 Å². The van der Waals surface area contributed by atoms with E-state index in [4.69, 9.17) is 4.98 Å². The number of nitrogens with zero attached hydrogens (tertiary/aromatic N) is 5. The molecule has 0 amide bonds. The highest BCUT2D eigenvalue weighted by molar-refractivity contribution is 5.89. The highest BCUT2D eigenvalue weighted by Gasteiger charge is 2.18. The fourth-order valence-corrected chi connectivity index (χ4v) is 4.92. The molecule has 5 aromatic rings. The van der Waals surface area contributed by atoms with Gasteiger partial charge in [0.05, 0.1) is 35.0 Å². The zero-order chi connectivity index (χ0) is 24.3. The van der Waals surface area contributed by atoms with Crippen molar-refractivity contribution in [2.45, 2.75) is 32.1 Å². The Morgan fingerprint density at radius 2 is 1.81 bits per heavy atom. The first-order valence-corrected chi connectivity index (χ1v) is 12.3. The maximum absolute atomic E-state index is 4.88. The fraction of sp³-hybridized carbons (Fsp3) is 0.207. The third-order valence-electron chi connectivity index (χ3n) is 6.77. The third kappa shape index (κ3) is 4.60. The van der Waals surface area contributed by atoms with Gasteiger partial charge in [-0.25, -0.2) is 4.98 Å². The van der Waals surface area contributed by atoms with E-state index in [1.54, 1.807) is 12.4 Å². The summed E-state index contributed by atoms with van der Waals surface area (Å²) in [6.07, 6.45) is 16.6. The number of nitrogens with one attached hydrogen (secondary N) is 2. The van der Waals surface area contributed by atoms with Gasteiger partial charge in [0.25, 0.3) is 0 Å². The Balaban J connectivity index is 1.24. The van der Waals surface area contributed by atoms with E-state index in [0.29, 0.717) is 12.3 Å². The number of allylic oxidation sites excluding steroid dienone is 1. The Hall–Kier alpha value is -4.39. The number of aromatic nitrogens is 6. The largest absolute Gasteiger partial charge is 0.358 e. The Kier molecular flexibility index (Phi) is 5.95. The van der Waals surface area contributed by atoms with Crippen molar-refractivity contribution in [2.75, 3.05) is 5.32 Å². The molecule has 5 heterocycles. The first-order chi connectivity index (χ1) is 17.7. The molecule has 2 N–H and O–H groups in total. The molecule has 1 saturated carbocycles. The Bertz CT molecular complexity index is 1520. The van der Waals surface area contributed by atoms with Crippen molar-refractivity contribution in [1.82, 2.24) is 29.9 Å². The van der Waals surface area contributed by atoms with Crippen molar-refractivity contribution < 1.29 is 0 Å². The summed E-state index contributed by atoms with van der Waals surface area (Å²) in [4.78, 5) is 26.2. The van der Waals surface area contributed by atoms with E-state index in [1.165, 1.54) is 25.7 Å². The van der Waals surface area contributed by atoms with Crippen LogP contribution in [0.4, 0.5) is 5.69 Å². The second-order valence-corrected chi connectivity index (χ2v) is 9.30. The lowest BCUT2D eigenvalue weighted by atomic mass is 10.0. The lowest BCUT2D eigenvalue weighted by molar-refractivity contribution is 0.649. The zero-order valence-corrected chi connectivity index (χ0v) is 20.0. The molecule has 1 fully saturated rings. The molecule has 6 rings (SSSR count). The van der Waals surface area contributed by atoms with E-state index in [2.05, 4.69) is 48.9 Å². The molecule has 0 spiro atoms. The van der Waals surface area contributed by atoms with Crippen molar-refractivity contribution in [2.24, 2.45) is 5.92 Å². The topological polar surface area (TPSA) is 92.3 Å². The van der Waals surface area contributed by atoms with Gasteiger partial charge in [-0.05, 0) is 54.7 Å². The maximum atomic E-state index is 4.88. The van der Waals surface area contributed by atoms with Crippen LogP contribution in [0.5, 0.6) is 0 Å². The second-order valence-electron chi connectivity index (χ2n) is 9.30. The van der Waals surface area contributed by atoms with Crippen LogP contribution in [0.25, 0.3) is 33.5 Å². The summed E-state index contributed by atoms with van der Waals surface area (Å²) < 4.78 is 0. The summed E-state index contributed by atoms with van der Waals surface area (Å²) in [5.41, 5.74) is 8.53. The number of H-pyrrole nitrogens is 1. The number of hydrogen-bond donors (Lipinski definition) is 2. The molecular formula is C29H27N7. The lowest BCUT2D eigenvalue weighted by Gasteiger charge is -2.15. The van der Waals surface area contributed by atoms with Gasteiger partial charge in [-0.2, -0.15) is 0 Å². The monoisotopic (exact) mass is 473 g/mol. The minimum atomic E-state index is 0.548. The van der Waals surface area contributed by atoms with Crippen LogP contribution < -0.4 is 5.32 Å². The number of aromatic amines is 1. The number of anilines is 1. The molecule has 0 bridgehead atoms. The van der Waals surface area contributed by atoms with Crippen LogP contribution in [-0.4, -0.2) is 29.9 Å². The minimum absolute atomic E-state index is 0.548. The molecule has 0 radical (unpaired) electrons. The first kappa shape index (κ1) is 22.1. The predicted octanol–water partition coefficient (Wildman–Crippen LogP) is 6.18. The molecular weight excluding hydrogens is 446 g/mol. The number of pyridine rings is 4. The van der Waals surface area contributed by atoms with E-state index >= 15 is 0 Å². The summed E-state index contributed by atoms with van der Waals surface area (Å²) in [6.45, 7) is 4.27. The average molecular weight is 474 g/mol. The summed E-state index contributed by atoms with van der Waals surface area (Å²) >= 11 is 0. The van der Waals surface area contributed by atoms with E-state index in [9.17, 15) is 0 Å². The van der Waals surface area contributed by atoms with Gasteiger partial charge in [0.2, 0.25) is 0 Å². The van der Waals surface area contributed by atoms with Crippen molar-refractivity contribution in [3.63, 3.8) is 0 Å². The molecule has 1 aliphatic rings. The fourth-order valence-electron chi connectivity index (χ4n) is 4.92. The van der Waals surface area contributed by atoms with Crippen LogP contribution >= 0.6 is 0 Å². The molecule has 7 nitrogen and oxygen atoms in total. The quantitative estimate of drug-likeness (QED) is 0.293. The van der Waals surface area contributed by atoms with Crippen LogP contribution in [0.2, 0.25) is 0 Å². The number of rotatable bonds is 7. The molecule has 5 aromatic heterocycles. The van der Waals surface area contributed by atoms with Crippen LogP contribution in [-0.2, 0) is 6.42 Å². The standard InChI is InChI=1S/C29H27N7/c1-19(21-6-2-3-7-21)34-23-14-22(15-30-16-23)26-12-20(9-11-33-26)13-28-35-27-18-31-17-24(29(27)36-28)25-8-4-5-10-32-25/h4-5,8-12,14-18,21,34H,1-3,6-7,13H2,(H,35,36). The predicted molar refractivity (Wildman–Crippen MR) is 142 cm³/mol. The molecule has 7 heteroatoms.